The minimum atomic E-state index is -0.248. The number of amides is 2. The van der Waals surface area contributed by atoms with Gasteiger partial charge in [-0.05, 0) is 49.4 Å². The highest BCUT2D eigenvalue weighted by molar-refractivity contribution is 6.09. The van der Waals surface area contributed by atoms with Gasteiger partial charge in [-0.3, -0.25) is 9.59 Å². The molecule has 1 aromatic heterocycles. The van der Waals surface area contributed by atoms with Gasteiger partial charge < -0.3 is 9.73 Å². The number of rotatable bonds is 4. The molecule has 32 heavy (non-hydrogen) atoms. The number of carbonyl (C=O) groups is 2. The normalized spacial score (nSPS) is 17.5. The molecular formula is C26H27N3O3. The molecule has 2 aliphatic rings. The molecule has 0 aliphatic heterocycles. The lowest BCUT2D eigenvalue weighted by molar-refractivity contribution is 0.0906. The molecule has 164 valence electrons. The van der Waals surface area contributed by atoms with Crippen molar-refractivity contribution >= 4 is 28.3 Å². The zero-order valence-electron chi connectivity index (χ0n) is 18.2. The van der Waals surface area contributed by atoms with Crippen molar-refractivity contribution in [2.24, 2.45) is 5.10 Å². The minimum absolute atomic E-state index is 0.150. The number of furan rings is 1. The highest BCUT2D eigenvalue weighted by atomic mass is 16.4. The molecule has 0 atom stereocenters. The Labute approximate surface area is 187 Å². The summed E-state index contributed by atoms with van der Waals surface area (Å²) in [6, 6.07) is 13.7. The second kappa shape index (κ2) is 8.61. The number of hydrogen-bond acceptors (Lipinski definition) is 4. The van der Waals surface area contributed by atoms with Crippen molar-refractivity contribution in [3.05, 3.63) is 70.7 Å². The molecule has 2 aromatic carbocycles. The molecule has 3 aromatic rings. The summed E-state index contributed by atoms with van der Waals surface area (Å²) in [6.07, 6.45) is 6.73. The maximum absolute atomic E-state index is 12.9. The van der Waals surface area contributed by atoms with E-state index in [-0.39, 0.29) is 17.9 Å². The Morgan fingerprint density at radius 3 is 2.59 bits per heavy atom. The smallest absolute Gasteiger partial charge is 0.287 e. The van der Waals surface area contributed by atoms with Crippen LogP contribution in [-0.4, -0.2) is 23.6 Å². The van der Waals surface area contributed by atoms with Crippen LogP contribution in [0.1, 0.15) is 76.3 Å². The summed E-state index contributed by atoms with van der Waals surface area (Å²) in [5.41, 5.74) is 5.75. The van der Waals surface area contributed by atoms with Crippen molar-refractivity contribution in [3.63, 3.8) is 0 Å². The first kappa shape index (κ1) is 20.5. The average Bonchev–Trinajstić information content (AvgIpc) is 3.45. The monoisotopic (exact) mass is 429 g/mol. The molecule has 5 rings (SSSR count). The molecule has 1 heterocycles. The summed E-state index contributed by atoms with van der Waals surface area (Å²) >= 11 is 0. The van der Waals surface area contributed by atoms with E-state index in [1.165, 1.54) is 0 Å². The van der Waals surface area contributed by atoms with Gasteiger partial charge in [-0.2, -0.15) is 5.10 Å². The molecular weight excluding hydrogens is 402 g/mol. The highest BCUT2D eigenvalue weighted by Gasteiger charge is 2.29. The molecule has 2 amide bonds. The van der Waals surface area contributed by atoms with Gasteiger partial charge in [-0.25, -0.2) is 5.43 Å². The summed E-state index contributed by atoms with van der Waals surface area (Å²) in [4.78, 5) is 25.7. The summed E-state index contributed by atoms with van der Waals surface area (Å²) in [6.45, 7) is 1.90. The van der Waals surface area contributed by atoms with E-state index in [2.05, 4.69) is 15.8 Å². The number of aryl methyl sites for hydroxylation is 1. The van der Waals surface area contributed by atoms with Gasteiger partial charge >= 0.3 is 0 Å². The third-order valence-corrected chi connectivity index (χ3v) is 6.55. The van der Waals surface area contributed by atoms with Gasteiger partial charge in [0.05, 0.1) is 5.71 Å². The van der Waals surface area contributed by atoms with Crippen LogP contribution < -0.4 is 10.7 Å². The van der Waals surface area contributed by atoms with Crippen LogP contribution in [0.15, 0.2) is 52.0 Å². The molecule has 1 saturated carbocycles. The maximum Gasteiger partial charge on any atom is 0.287 e. The minimum Gasteiger partial charge on any atom is -0.455 e. The van der Waals surface area contributed by atoms with Gasteiger partial charge in [0.1, 0.15) is 5.76 Å². The molecule has 0 spiro atoms. The number of carbonyl (C=O) groups excluding carboxylic acids is 2. The lowest BCUT2D eigenvalue weighted by atomic mass is 9.93. The summed E-state index contributed by atoms with van der Waals surface area (Å²) in [5, 5.41) is 9.48. The fourth-order valence-electron chi connectivity index (χ4n) is 4.92. The lowest BCUT2D eigenvalue weighted by Gasteiger charge is -2.14. The predicted molar refractivity (Wildman–Crippen MR) is 124 cm³/mol. The Hall–Kier alpha value is -3.41. The fourth-order valence-corrected chi connectivity index (χ4v) is 4.92. The molecule has 2 aliphatic carbocycles. The van der Waals surface area contributed by atoms with Crippen molar-refractivity contribution in [3.8, 4) is 0 Å². The number of hydrazone groups is 1. The quantitative estimate of drug-likeness (QED) is 0.580. The lowest BCUT2D eigenvalue weighted by Crippen LogP contribution is -2.32. The second-order valence-corrected chi connectivity index (χ2v) is 8.69. The molecule has 6 nitrogen and oxygen atoms in total. The molecule has 0 saturated heterocycles. The standard InChI is InChI=1S/C26H27N3O3/c1-16-23-21(28-29-25(30)20-13-6-9-17-8-2-5-12-19(17)20)14-7-15-22(23)32-24(16)26(31)27-18-10-3-4-11-18/h2,5-6,8-9,12-13,18H,3-4,7,10-11,14-15H2,1H3,(H,27,31)(H,29,30)/b28-21+. The summed E-state index contributed by atoms with van der Waals surface area (Å²) in [7, 11) is 0. The van der Waals surface area contributed by atoms with Crippen LogP contribution in [0.25, 0.3) is 10.8 Å². The van der Waals surface area contributed by atoms with Gasteiger partial charge in [-0.15, -0.1) is 0 Å². The zero-order chi connectivity index (χ0) is 22.1. The number of hydrogen-bond donors (Lipinski definition) is 2. The SMILES string of the molecule is Cc1c(C(=O)NC2CCCC2)oc2c1/C(=N/NC(=O)c1cccc3ccccc13)CCC2. The molecule has 0 bridgehead atoms. The van der Waals surface area contributed by atoms with E-state index in [0.29, 0.717) is 11.3 Å². The van der Waals surface area contributed by atoms with Crippen molar-refractivity contribution in [2.45, 2.75) is 57.9 Å². The van der Waals surface area contributed by atoms with Gasteiger partial charge in [0.15, 0.2) is 5.76 Å². The topological polar surface area (TPSA) is 83.7 Å². The van der Waals surface area contributed by atoms with Crippen molar-refractivity contribution in [1.29, 1.82) is 0 Å². The van der Waals surface area contributed by atoms with Crippen LogP contribution in [0.2, 0.25) is 0 Å². The van der Waals surface area contributed by atoms with E-state index < -0.39 is 0 Å². The number of nitrogens with zero attached hydrogens (tertiary/aromatic N) is 1. The highest BCUT2D eigenvalue weighted by Crippen LogP contribution is 2.30. The number of benzene rings is 2. The van der Waals surface area contributed by atoms with Crippen LogP contribution in [-0.2, 0) is 6.42 Å². The molecule has 2 N–H and O–H groups in total. The van der Waals surface area contributed by atoms with Crippen LogP contribution in [0.4, 0.5) is 0 Å². The van der Waals surface area contributed by atoms with E-state index in [1.807, 2.05) is 43.3 Å². The maximum atomic E-state index is 12.9. The number of nitrogens with one attached hydrogen (secondary N) is 2. The fraction of sp³-hybridized carbons (Fsp3) is 0.346. The van der Waals surface area contributed by atoms with Gasteiger partial charge in [0, 0.05) is 29.2 Å². The van der Waals surface area contributed by atoms with Gasteiger partial charge in [0.25, 0.3) is 11.8 Å². The van der Waals surface area contributed by atoms with Crippen molar-refractivity contribution in [2.75, 3.05) is 0 Å². The zero-order valence-corrected chi connectivity index (χ0v) is 18.2. The first-order valence-electron chi connectivity index (χ1n) is 11.4. The summed E-state index contributed by atoms with van der Waals surface area (Å²) < 4.78 is 5.98. The van der Waals surface area contributed by atoms with E-state index in [1.54, 1.807) is 6.07 Å². The van der Waals surface area contributed by atoms with Gasteiger partial charge in [0.2, 0.25) is 0 Å². The van der Waals surface area contributed by atoms with E-state index in [0.717, 1.165) is 78.3 Å². The average molecular weight is 430 g/mol. The predicted octanol–water partition coefficient (Wildman–Crippen LogP) is 4.88. The Kier molecular flexibility index (Phi) is 5.52. The van der Waals surface area contributed by atoms with Crippen LogP contribution in [0.3, 0.4) is 0 Å². The van der Waals surface area contributed by atoms with E-state index in [9.17, 15) is 9.59 Å². The Bertz CT molecular complexity index is 1210. The van der Waals surface area contributed by atoms with Gasteiger partial charge in [-0.1, -0.05) is 49.2 Å². The first-order valence-corrected chi connectivity index (χ1v) is 11.4. The van der Waals surface area contributed by atoms with Crippen molar-refractivity contribution in [1.82, 2.24) is 10.7 Å². The largest absolute Gasteiger partial charge is 0.455 e. The third kappa shape index (κ3) is 3.81. The number of fused-ring (bicyclic) bond motifs is 2. The Balaban J connectivity index is 1.39. The Morgan fingerprint density at radius 1 is 0.969 bits per heavy atom. The van der Waals surface area contributed by atoms with Crippen LogP contribution >= 0.6 is 0 Å². The molecule has 6 heteroatoms. The first-order chi connectivity index (χ1) is 15.6. The van der Waals surface area contributed by atoms with Crippen LogP contribution in [0.5, 0.6) is 0 Å². The second-order valence-electron chi connectivity index (χ2n) is 8.69. The molecule has 0 radical (unpaired) electrons. The summed E-state index contributed by atoms with van der Waals surface area (Å²) in [5.74, 6) is 0.755. The third-order valence-electron chi connectivity index (χ3n) is 6.55. The van der Waals surface area contributed by atoms with E-state index in [4.69, 9.17) is 4.42 Å². The molecule has 1 fully saturated rings. The Morgan fingerprint density at radius 2 is 1.75 bits per heavy atom. The van der Waals surface area contributed by atoms with E-state index >= 15 is 0 Å². The van der Waals surface area contributed by atoms with Crippen molar-refractivity contribution < 1.29 is 14.0 Å². The van der Waals surface area contributed by atoms with Crippen LogP contribution in [0, 0.1) is 6.92 Å². The molecule has 0 unspecified atom stereocenters.